The third-order valence-corrected chi connectivity index (χ3v) is 3.77. The van der Waals surface area contributed by atoms with Crippen LogP contribution in [0.5, 0.6) is 5.75 Å². The fourth-order valence-corrected chi connectivity index (χ4v) is 2.55. The van der Waals surface area contributed by atoms with Crippen LogP contribution in [0.1, 0.15) is 30.0 Å². The van der Waals surface area contributed by atoms with Gasteiger partial charge in [0, 0.05) is 12.2 Å². The van der Waals surface area contributed by atoms with Crippen molar-refractivity contribution in [1.82, 2.24) is 10.7 Å². The average Bonchev–Trinajstić information content (AvgIpc) is 3.29. The van der Waals surface area contributed by atoms with Gasteiger partial charge in [-0.15, -0.1) is 0 Å². The molecule has 0 unspecified atom stereocenters. The predicted molar refractivity (Wildman–Crippen MR) is 115 cm³/mol. The number of hydrazone groups is 1. The minimum absolute atomic E-state index is 0.142. The molecule has 8 heteroatoms. The number of hydrogen-bond acceptors (Lipinski definition) is 6. The first-order valence-electron chi connectivity index (χ1n) is 9.49. The zero-order chi connectivity index (χ0) is 21.8. The van der Waals surface area contributed by atoms with E-state index >= 15 is 0 Å². The highest BCUT2D eigenvalue weighted by molar-refractivity contribution is 6.02. The second kappa shape index (κ2) is 12.0. The summed E-state index contributed by atoms with van der Waals surface area (Å²) in [5, 5.41) is 16.0. The first-order chi connectivity index (χ1) is 14.6. The van der Waals surface area contributed by atoms with Crippen LogP contribution in [0.3, 0.4) is 0 Å². The Balaban J connectivity index is 0.00000101. The third-order valence-electron chi connectivity index (χ3n) is 3.77. The second-order valence-electron chi connectivity index (χ2n) is 5.90. The maximum absolute atomic E-state index is 11.9. The van der Waals surface area contributed by atoms with E-state index in [9.17, 15) is 9.59 Å². The van der Waals surface area contributed by atoms with E-state index in [0.29, 0.717) is 12.4 Å². The van der Waals surface area contributed by atoms with Crippen LogP contribution < -0.4 is 15.5 Å². The van der Waals surface area contributed by atoms with E-state index in [1.54, 1.807) is 19.2 Å². The Morgan fingerprint density at radius 2 is 1.90 bits per heavy atom. The Morgan fingerprint density at radius 1 is 1.13 bits per heavy atom. The maximum atomic E-state index is 11.9. The Labute approximate surface area is 174 Å². The number of ether oxygens (including phenoxy) is 1. The lowest BCUT2D eigenvalue weighted by Gasteiger charge is -2.10. The van der Waals surface area contributed by atoms with Crippen molar-refractivity contribution in [3.63, 3.8) is 0 Å². The molecular weight excluding hydrogens is 386 g/mol. The topological polar surface area (TPSA) is 113 Å². The van der Waals surface area contributed by atoms with Gasteiger partial charge in [0.05, 0.1) is 25.6 Å². The van der Waals surface area contributed by atoms with Crippen molar-refractivity contribution < 1.29 is 23.8 Å². The van der Waals surface area contributed by atoms with Crippen molar-refractivity contribution in [2.75, 3.05) is 19.8 Å². The van der Waals surface area contributed by atoms with Gasteiger partial charge in [0.15, 0.2) is 5.76 Å². The number of furan rings is 1. The summed E-state index contributed by atoms with van der Waals surface area (Å²) in [5.41, 5.74) is 3.17. The number of rotatable bonds is 7. The molecule has 0 radical (unpaired) electrons. The molecule has 0 aliphatic rings. The molecule has 1 aromatic heterocycles. The fraction of sp³-hybridized carbons (Fsp3) is 0.227. The van der Waals surface area contributed by atoms with E-state index in [4.69, 9.17) is 14.3 Å². The first kappa shape index (κ1) is 22.6. The van der Waals surface area contributed by atoms with E-state index in [2.05, 4.69) is 15.8 Å². The molecule has 0 fully saturated rings. The van der Waals surface area contributed by atoms with Gasteiger partial charge in [-0.3, -0.25) is 9.59 Å². The van der Waals surface area contributed by atoms with Crippen LogP contribution in [0, 0.1) is 0 Å². The summed E-state index contributed by atoms with van der Waals surface area (Å²) in [4.78, 5) is 23.6. The van der Waals surface area contributed by atoms with Gasteiger partial charge >= 0.3 is 0 Å². The van der Waals surface area contributed by atoms with Crippen molar-refractivity contribution in [1.29, 1.82) is 0 Å². The number of aliphatic hydroxyl groups is 1. The van der Waals surface area contributed by atoms with Crippen LogP contribution in [-0.2, 0) is 4.79 Å². The standard InChI is InChI=1S/C20H19N3O4.C2H6O/c1-2-26-17-10-9-14-6-3-4-7-15(14)16(17)12-22-23-19(24)13-21-20(25)18-8-5-11-27-18;1-2-3/h3-12H,2,13H2,1H3,(H,21,25)(H,23,24);3H,2H2,1H3/b22-12+;. The smallest absolute Gasteiger partial charge is 0.287 e. The van der Waals surface area contributed by atoms with E-state index in [-0.39, 0.29) is 18.9 Å². The van der Waals surface area contributed by atoms with E-state index in [1.807, 2.05) is 43.3 Å². The van der Waals surface area contributed by atoms with Crippen LogP contribution in [0.15, 0.2) is 64.3 Å². The zero-order valence-corrected chi connectivity index (χ0v) is 16.9. The predicted octanol–water partition coefficient (Wildman–Crippen LogP) is 2.71. The Hall–Kier alpha value is -3.65. The number of nitrogens with one attached hydrogen (secondary N) is 2. The molecule has 0 atom stereocenters. The number of benzene rings is 2. The summed E-state index contributed by atoms with van der Waals surface area (Å²) in [6.45, 7) is 4.13. The number of carbonyl (C=O) groups excluding carboxylic acids is 2. The van der Waals surface area contributed by atoms with Crippen LogP contribution >= 0.6 is 0 Å². The molecule has 3 aromatic rings. The first-order valence-corrected chi connectivity index (χ1v) is 9.49. The Morgan fingerprint density at radius 3 is 2.60 bits per heavy atom. The van der Waals surface area contributed by atoms with Crippen molar-refractivity contribution in [2.24, 2.45) is 5.10 Å². The van der Waals surface area contributed by atoms with Crippen molar-refractivity contribution in [2.45, 2.75) is 13.8 Å². The van der Waals surface area contributed by atoms with Gasteiger partial charge < -0.3 is 19.6 Å². The van der Waals surface area contributed by atoms with E-state index in [0.717, 1.165) is 16.3 Å². The highest BCUT2D eigenvalue weighted by Gasteiger charge is 2.10. The summed E-state index contributed by atoms with van der Waals surface area (Å²) in [7, 11) is 0. The molecule has 0 saturated carbocycles. The Bertz CT molecular complexity index is 984. The molecular formula is C22H25N3O5. The fourth-order valence-electron chi connectivity index (χ4n) is 2.55. The molecule has 30 heavy (non-hydrogen) atoms. The van der Waals surface area contributed by atoms with Crippen LogP contribution in [0.4, 0.5) is 0 Å². The SMILES string of the molecule is CCO.CCOc1ccc2ccccc2c1/C=N/NC(=O)CNC(=O)c1ccco1. The lowest BCUT2D eigenvalue weighted by atomic mass is 10.0. The lowest BCUT2D eigenvalue weighted by molar-refractivity contribution is -0.120. The third kappa shape index (κ3) is 6.46. The maximum Gasteiger partial charge on any atom is 0.287 e. The van der Waals surface area contributed by atoms with E-state index in [1.165, 1.54) is 12.3 Å². The molecule has 0 saturated heterocycles. The van der Waals surface area contributed by atoms with Crippen LogP contribution in [-0.4, -0.2) is 42.9 Å². The number of hydrogen-bond donors (Lipinski definition) is 3. The highest BCUT2D eigenvalue weighted by Crippen LogP contribution is 2.26. The number of aliphatic hydroxyl groups excluding tert-OH is 1. The summed E-state index contributed by atoms with van der Waals surface area (Å²) < 4.78 is 10.6. The summed E-state index contributed by atoms with van der Waals surface area (Å²) >= 11 is 0. The molecule has 0 bridgehead atoms. The normalized spacial score (nSPS) is 10.4. The van der Waals surface area contributed by atoms with Gasteiger partial charge in [-0.05, 0) is 42.8 Å². The number of amides is 2. The van der Waals surface area contributed by atoms with Gasteiger partial charge in [-0.1, -0.05) is 30.3 Å². The van der Waals surface area contributed by atoms with Gasteiger partial charge in [-0.25, -0.2) is 5.43 Å². The molecule has 3 rings (SSSR count). The zero-order valence-electron chi connectivity index (χ0n) is 16.9. The van der Waals surface area contributed by atoms with Crippen LogP contribution in [0.25, 0.3) is 10.8 Å². The molecule has 1 heterocycles. The molecule has 0 aliphatic carbocycles. The largest absolute Gasteiger partial charge is 0.493 e. The molecule has 158 valence electrons. The minimum Gasteiger partial charge on any atom is -0.493 e. The molecule has 3 N–H and O–H groups in total. The minimum atomic E-state index is -0.466. The van der Waals surface area contributed by atoms with Crippen LogP contribution in [0.2, 0.25) is 0 Å². The van der Waals surface area contributed by atoms with Crippen molar-refractivity contribution in [3.05, 3.63) is 66.1 Å². The molecule has 2 aromatic carbocycles. The summed E-state index contributed by atoms with van der Waals surface area (Å²) in [6, 6.07) is 14.8. The quantitative estimate of drug-likeness (QED) is 0.409. The second-order valence-corrected chi connectivity index (χ2v) is 5.90. The van der Waals surface area contributed by atoms with Gasteiger partial charge in [0.2, 0.25) is 0 Å². The highest BCUT2D eigenvalue weighted by atomic mass is 16.5. The Kier molecular flexibility index (Phi) is 9.08. The number of fused-ring (bicyclic) bond motifs is 1. The van der Waals surface area contributed by atoms with Gasteiger partial charge in [0.25, 0.3) is 11.8 Å². The van der Waals surface area contributed by atoms with Gasteiger partial charge in [-0.2, -0.15) is 5.10 Å². The monoisotopic (exact) mass is 411 g/mol. The molecule has 2 amide bonds. The van der Waals surface area contributed by atoms with Gasteiger partial charge in [0.1, 0.15) is 5.75 Å². The summed E-state index contributed by atoms with van der Waals surface area (Å²) in [5.74, 6) is -0.0973. The number of nitrogens with zero attached hydrogens (tertiary/aromatic N) is 1. The summed E-state index contributed by atoms with van der Waals surface area (Å²) in [6.07, 6.45) is 2.93. The van der Waals surface area contributed by atoms with Crippen molar-refractivity contribution in [3.8, 4) is 5.75 Å². The molecule has 8 nitrogen and oxygen atoms in total. The van der Waals surface area contributed by atoms with Crippen molar-refractivity contribution >= 4 is 28.8 Å². The molecule has 0 spiro atoms. The molecule has 0 aliphatic heterocycles. The average molecular weight is 411 g/mol. The number of carbonyl (C=O) groups is 2. The lowest BCUT2D eigenvalue weighted by Crippen LogP contribution is -2.34. The van der Waals surface area contributed by atoms with E-state index < -0.39 is 11.8 Å².